The van der Waals surface area contributed by atoms with E-state index in [4.69, 9.17) is 11.5 Å². The molecule has 5 heteroatoms. The number of aromatic nitrogens is 1. The highest BCUT2D eigenvalue weighted by atomic mass is 19.3. The van der Waals surface area contributed by atoms with Crippen molar-refractivity contribution in [3.63, 3.8) is 0 Å². The van der Waals surface area contributed by atoms with Gasteiger partial charge in [0.25, 0.3) is 6.43 Å². The summed E-state index contributed by atoms with van der Waals surface area (Å²) in [7, 11) is 0. The molecule has 0 fully saturated rings. The van der Waals surface area contributed by atoms with E-state index < -0.39 is 6.43 Å². The molecule has 1 rings (SSSR count). The molecule has 1 aromatic rings. The van der Waals surface area contributed by atoms with Gasteiger partial charge in [0.15, 0.2) is 0 Å². The Hall–Kier alpha value is -1.39. The van der Waals surface area contributed by atoms with E-state index in [9.17, 15) is 8.78 Å². The van der Waals surface area contributed by atoms with E-state index in [1.54, 1.807) is 0 Å². The van der Waals surface area contributed by atoms with Crippen molar-refractivity contribution in [1.29, 1.82) is 0 Å². The minimum Gasteiger partial charge on any atom is -0.397 e. The van der Waals surface area contributed by atoms with Crippen LogP contribution in [0, 0.1) is 0 Å². The lowest BCUT2D eigenvalue weighted by Gasteiger charge is -2.01. The molecule has 0 saturated heterocycles. The van der Waals surface area contributed by atoms with E-state index in [1.165, 1.54) is 0 Å². The second kappa shape index (κ2) is 2.69. The number of alkyl halides is 2. The van der Waals surface area contributed by atoms with Crippen molar-refractivity contribution < 1.29 is 8.78 Å². The molecule has 0 radical (unpaired) electrons. The second-order valence-corrected chi connectivity index (χ2v) is 2.04. The number of nitrogens with zero attached hydrogens (tertiary/aromatic N) is 1. The topological polar surface area (TPSA) is 64.9 Å². The number of nitrogen functional groups attached to an aromatic ring is 2. The van der Waals surface area contributed by atoms with Crippen LogP contribution in [0.1, 0.15) is 12.1 Å². The third-order valence-corrected chi connectivity index (χ3v) is 1.21. The zero-order chi connectivity index (χ0) is 8.43. The third kappa shape index (κ3) is 1.54. The number of nitrogens with two attached hydrogens (primary N) is 2. The van der Waals surface area contributed by atoms with Crippen LogP contribution < -0.4 is 11.5 Å². The van der Waals surface area contributed by atoms with Gasteiger partial charge in [-0.25, -0.2) is 8.78 Å². The summed E-state index contributed by atoms with van der Waals surface area (Å²) >= 11 is 0. The molecular weight excluding hydrogens is 152 g/mol. The Morgan fingerprint density at radius 2 is 1.91 bits per heavy atom. The smallest absolute Gasteiger partial charge is 0.280 e. The predicted octanol–water partition coefficient (Wildman–Crippen LogP) is 1.18. The molecule has 1 heterocycles. The van der Waals surface area contributed by atoms with Gasteiger partial charge in [-0.05, 0) is 6.07 Å². The molecule has 11 heavy (non-hydrogen) atoms. The molecule has 0 spiro atoms. The Labute approximate surface area is 62.0 Å². The van der Waals surface area contributed by atoms with Crippen LogP contribution in [0.25, 0.3) is 0 Å². The maximum absolute atomic E-state index is 11.9. The van der Waals surface area contributed by atoms with E-state index in [0.717, 1.165) is 12.3 Å². The Kier molecular flexibility index (Phi) is 1.89. The highest BCUT2D eigenvalue weighted by Crippen LogP contribution is 2.21. The van der Waals surface area contributed by atoms with Gasteiger partial charge in [-0.3, -0.25) is 4.98 Å². The zero-order valence-corrected chi connectivity index (χ0v) is 5.59. The number of anilines is 2. The van der Waals surface area contributed by atoms with Crippen molar-refractivity contribution in [2.45, 2.75) is 6.43 Å². The SMILES string of the molecule is Nc1cnc(C(F)F)cc1N. The van der Waals surface area contributed by atoms with Crippen molar-refractivity contribution in [1.82, 2.24) is 4.98 Å². The lowest BCUT2D eigenvalue weighted by Crippen LogP contribution is -1.98. The predicted molar refractivity (Wildman–Crippen MR) is 38.0 cm³/mol. The van der Waals surface area contributed by atoms with Crippen LogP contribution in [0.4, 0.5) is 20.2 Å². The van der Waals surface area contributed by atoms with E-state index >= 15 is 0 Å². The van der Waals surface area contributed by atoms with Crippen molar-refractivity contribution >= 4 is 11.4 Å². The third-order valence-electron chi connectivity index (χ3n) is 1.21. The van der Waals surface area contributed by atoms with Crippen molar-refractivity contribution in [3.05, 3.63) is 18.0 Å². The van der Waals surface area contributed by atoms with Gasteiger partial charge in [-0.1, -0.05) is 0 Å². The van der Waals surface area contributed by atoms with Gasteiger partial charge in [-0.2, -0.15) is 0 Å². The summed E-state index contributed by atoms with van der Waals surface area (Å²) in [4.78, 5) is 3.38. The first-order valence-electron chi connectivity index (χ1n) is 2.90. The van der Waals surface area contributed by atoms with Crippen LogP contribution in [0.15, 0.2) is 12.3 Å². The molecule has 0 unspecified atom stereocenters. The largest absolute Gasteiger partial charge is 0.397 e. The maximum atomic E-state index is 11.9. The quantitative estimate of drug-likeness (QED) is 0.646. The van der Waals surface area contributed by atoms with Crippen molar-refractivity contribution in [2.75, 3.05) is 11.5 Å². The minimum absolute atomic E-state index is 0.135. The molecule has 0 amide bonds. The monoisotopic (exact) mass is 159 g/mol. The maximum Gasteiger partial charge on any atom is 0.280 e. The van der Waals surface area contributed by atoms with Crippen LogP contribution in [0.5, 0.6) is 0 Å². The Morgan fingerprint density at radius 1 is 1.27 bits per heavy atom. The second-order valence-electron chi connectivity index (χ2n) is 2.04. The van der Waals surface area contributed by atoms with Gasteiger partial charge in [0.2, 0.25) is 0 Å². The highest BCUT2D eigenvalue weighted by Gasteiger charge is 2.09. The Bertz CT molecular complexity index is 262. The molecule has 0 aliphatic heterocycles. The number of rotatable bonds is 1. The lowest BCUT2D eigenvalue weighted by molar-refractivity contribution is 0.146. The molecule has 0 aromatic carbocycles. The summed E-state index contributed by atoms with van der Waals surface area (Å²) in [6.07, 6.45) is -1.48. The minimum atomic E-state index is -2.60. The highest BCUT2D eigenvalue weighted by molar-refractivity contribution is 5.61. The number of hydrogen-bond donors (Lipinski definition) is 2. The standard InChI is InChI=1S/C6H7F2N3/c7-6(8)5-1-3(9)4(10)2-11-5/h1-2,6H,10H2,(H2,9,11). The van der Waals surface area contributed by atoms with Gasteiger partial charge in [0, 0.05) is 0 Å². The molecule has 3 nitrogen and oxygen atoms in total. The zero-order valence-electron chi connectivity index (χ0n) is 5.59. The number of pyridine rings is 1. The summed E-state index contributed by atoms with van der Waals surface area (Å²) in [5.74, 6) is 0. The van der Waals surface area contributed by atoms with E-state index in [0.29, 0.717) is 0 Å². The van der Waals surface area contributed by atoms with Crippen molar-refractivity contribution in [2.24, 2.45) is 0 Å². The van der Waals surface area contributed by atoms with Crippen LogP contribution in [-0.4, -0.2) is 4.98 Å². The van der Waals surface area contributed by atoms with Crippen molar-refractivity contribution in [3.8, 4) is 0 Å². The van der Waals surface area contributed by atoms with E-state index in [2.05, 4.69) is 4.98 Å². The average molecular weight is 159 g/mol. The van der Waals surface area contributed by atoms with Crippen LogP contribution in [-0.2, 0) is 0 Å². The summed E-state index contributed by atoms with van der Waals surface area (Å²) in [6, 6.07) is 1.07. The van der Waals surface area contributed by atoms with Gasteiger partial charge in [0.05, 0.1) is 17.6 Å². The fraction of sp³-hybridized carbons (Fsp3) is 0.167. The Balaban J connectivity index is 3.05. The van der Waals surface area contributed by atoms with Crippen LogP contribution in [0.2, 0.25) is 0 Å². The molecule has 0 aliphatic carbocycles. The van der Waals surface area contributed by atoms with E-state index in [1.807, 2.05) is 0 Å². The first-order valence-corrected chi connectivity index (χ1v) is 2.90. The van der Waals surface area contributed by atoms with E-state index in [-0.39, 0.29) is 17.1 Å². The van der Waals surface area contributed by atoms with Gasteiger partial charge in [-0.15, -0.1) is 0 Å². The number of hydrogen-bond acceptors (Lipinski definition) is 3. The number of halogens is 2. The molecule has 0 aliphatic rings. The molecule has 60 valence electrons. The van der Waals surface area contributed by atoms with Crippen LogP contribution in [0.3, 0.4) is 0 Å². The Morgan fingerprint density at radius 3 is 2.36 bits per heavy atom. The molecule has 0 atom stereocenters. The molecule has 0 saturated carbocycles. The average Bonchev–Trinajstić information content (AvgIpc) is 1.94. The molecule has 1 aromatic heterocycles. The summed E-state index contributed by atoms with van der Waals surface area (Å²) in [5, 5.41) is 0. The van der Waals surface area contributed by atoms with Crippen LogP contribution >= 0.6 is 0 Å². The molecular formula is C6H7F2N3. The van der Waals surface area contributed by atoms with Gasteiger partial charge >= 0.3 is 0 Å². The fourth-order valence-corrected chi connectivity index (χ4v) is 0.618. The lowest BCUT2D eigenvalue weighted by atomic mass is 10.3. The molecule has 4 N–H and O–H groups in total. The summed E-state index contributed by atoms with van der Waals surface area (Å²) in [5.41, 5.74) is 10.5. The summed E-state index contributed by atoms with van der Waals surface area (Å²) in [6.45, 7) is 0. The summed E-state index contributed by atoms with van der Waals surface area (Å²) < 4.78 is 23.8. The van der Waals surface area contributed by atoms with Gasteiger partial charge in [0.1, 0.15) is 5.69 Å². The first-order chi connectivity index (χ1) is 5.11. The van der Waals surface area contributed by atoms with Gasteiger partial charge < -0.3 is 11.5 Å². The fourth-order valence-electron chi connectivity index (χ4n) is 0.618. The molecule has 0 bridgehead atoms. The first kappa shape index (κ1) is 7.71. The normalized spacial score (nSPS) is 10.5.